The Morgan fingerprint density at radius 2 is 2.19 bits per heavy atom. The van der Waals surface area contributed by atoms with Gasteiger partial charge in [-0.25, -0.2) is 4.79 Å². The summed E-state index contributed by atoms with van der Waals surface area (Å²) in [6, 6.07) is -0.0161. The van der Waals surface area contributed by atoms with Crippen LogP contribution in [0.15, 0.2) is 0 Å². The summed E-state index contributed by atoms with van der Waals surface area (Å²) in [7, 11) is 0. The zero-order valence-electron chi connectivity index (χ0n) is 10.4. The molecule has 1 saturated heterocycles. The lowest BCUT2D eigenvalue weighted by atomic mass is 10.2. The second-order valence-corrected chi connectivity index (χ2v) is 5.12. The number of morpholine rings is 1. The van der Waals surface area contributed by atoms with E-state index >= 15 is 0 Å². The van der Waals surface area contributed by atoms with E-state index in [9.17, 15) is 4.79 Å². The van der Waals surface area contributed by atoms with Crippen LogP contribution in [0.5, 0.6) is 0 Å². The van der Waals surface area contributed by atoms with E-state index in [1.54, 1.807) is 4.90 Å². The minimum Gasteiger partial charge on any atom is -0.444 e. The molecule has 0 aromatic rings. The number of rotatable bonds is 1. The number of ether oxygens (including phenoxy) is 2. The molecule has 1 aliphatic rings. The second-order valence-electron chi connectivity index (χ2n) is 5.12. The van der Waals surface area contributed by atoms with Crippen LogP contribution in [-0.4, -0.2) is 53.6 Å². The highest BCUT2D eigenvalue weighted by molar-refractivity contribution is 5.68. The average Bonchev–Trinajstić information content (AvgIpc) is 2.15. The van der Waals surface area contributed by atoms with Crippen molar-refractivity contribution in [3.63, 3.8) is 0 Å². The molecule has 1 rings (SSSR count). The average molecular weight is 231 g/mol. The first-order valence-electron chi connectivity index (χ1n) is 5.55. The first-order chi connectivity index (χ1) is 7.33. The molecule has 1 heterocycles. The van der Waals surface area contributed by atoms with Crippen molar-refractivity contribution in [2.24, 2.45) is 0 Å². The van der Waals surface area contributed by atoms with Gasteiger partial charge in [0.15, 0.2) is 0 Å². The van der Waals surface area contributed by atoms with Gasteiger partial charge >= 0.3 is 6.09 Å². The number of aliphatic hydroxyl groups excluding tert-OH is 1. The van der Waals surface area contributed by atoms with Crippen molar-refractivity contribution in [1.29, 1.82) is 0 Å². The molecular weight excluding hydrogens is 210 g/mol. The Bertz CT molecular complexity index is 249. The highest BCUT2D eigenvalue weighted by Crippen LogP contribution is 2.16. The summed E-state index contributed by atoms with van der Waals surface area (Å²) in [6.45, 7) is 8.14. The Kier molecular flexibility index (Phi) is 4.15. The van der Waals surface area contributed by atoms with Gasteiger partial charge in [-0.2, -0.15) is 0 Å². The van der Waals surface area contributed by atoms with Crippen molar-refractivity contribution >= 4 is 6.09 Å². The number of amides is 1. The van der Waals surface area contributed by atoms with E-state index in [0.29, 0.717) is 13.2 Å². The molecule has 2 atom stereocenters. The number of hydrogen-bond acceptors (Lipinski definition) is 4. The van der Waals surface area contributed by atoms with Crippen molar-refractivity contribution in [3.05, 3.63) is 0 Å². The van der Waals surface area contributed by atoms with Gasteiger partial charge in [0.2, 0.25) is 0 Å². The fourth-order valence-electron chi connectivity index (χ4n) is 1.50. The smallest absolute Gasteiger partial charge is 0.410 e. The lowest BCUT2D eigenvalue weighted by molar-refractivity contribution is -0.0806. The number of aliphatic hydroxyl groups is 1. The Morgan fingerprint density at radius 1 is 1.56 bits per heavy atom. The maximum Gasteiger partial charge on any atom is 0.410 e. The summed E-state index contributed by atoms with van der Waals surface area (Å²) in [5.74, 6) is 0. The lowest BCUT2D eigenvalue weighted by Crippen LogP contribution is -2.53. The second kappa shape index (κ2) is 5.01. The molecule has 1 amide bonds. The Balaban J connectivity index is 2.59. The fourth-order valence-corrected chi connectivity index (χ4v) is 1.50. The van der Waals surface area contributed by atoms with Crippen LogP contribution in [0.1, 0.15) is 27.7 Å². The molecule has 5 heteroatoms. The van der Waals surface area contributed by atoms with Gasteiger partial charge in [0.25, 0.3) is 0 Å². The van der Waals surface area contributed by atoms with Gasteiger partial charge in [-0.05, 0) is 27.7 Å². The SMILES string of the molecule is CC1CO[C@@H](CO)CN1C(=O)OC(C)(C)C. The Labute approximate surface area is 96.3 Å². The number of carbonyl (C=O) groups is 1. The van der Waals surface area contributed by atoms with E-state index in [0.717, 1.165) is 0 Å². The van der Waals surface area contributed by atoms with Crippen LogP contribution in [-0.2, 0) is 9.47 Å². The Hall–Kier alpha value is -0.810. The molecule has 0 spiro atoms. The first-order valence-corrected chi connectivity index (χ1v) is 5.55. The summed E-state index contributed by atoms with van der Waals surface area (Å²) in [5, 5.41) is 9.01. The topological polar surface area (TPSA) is 59.0 Å². The maximum atomic E-state index is 11.9. The molecule has 0 bridgehead atoms. The van der Waals surface area contributed by atoms with E-state index in [1.165, 1.54) is 0 Å². The van der Waals surface area contributed by atoms with Crippen LogP contribution in [0.25, 0.3) is 0 Å². The van der Waals surface area contributed by atoms with Crippen LogP contribution in [0, 0.1) is 0 Å². The third kappa shape index (κ3) is 3.64. The zero-order chi connectivity index (χ0) is 12.3. The van der Waals surface area contributed by atoms with Crippen LogP contribution in [0.2, 0.25) is 0 Å². The molecule has 94 valence electrons. The van der Waals surface area contributed by atoms with Crippen LogP contribution >= 0.6 is 0 Å². The maximum absolute atomic E-state index is 11.9. The number of hydrogen-bond donors (Lipinski definition) is 1. The van der Waals surface area contributed by atoms with Crippen LogP contribution < -0.4 is 0 Å². The molecule has 0 aromatic heterocycles. The van der Waals surface area contributed by atoms with Crippen molar-refractivity contribution in [3.8, 4) is 0 Å². The first kappa shape index (κ1) is 13.3. The normalized spacial score (nSPS) is 26.7. The highest BCUT2D eigenvalue weighted by atomic mass is 16.6. The lowest BCUT2D eigenvalue weighted by Gasteiger charge is -2.38. The minimum atomic E-state index is -0.496. The molecule has 0 aliphatic carbocycles. The molecule has 1 aliphatic heterocycles. The predicted molar refractivity (Wildman–Crippen MR) is 59.2 cm³/mol. The monoisotopic (exact) mass is 231 g/mol. The zero-order valence-corrected chi connectivity index (χ0v) is 10.4. The van der Waals surface area contributed by atoms with Gasteiger partial charge in [-0.1, -0.05) is 0 Å². The standard InChI is InChI=1S/C11H21NO4/c1-8-7-15-9(6-13)5-12(8)10(14)16-11(2,3)4/h8-9,13H,5-7H2,1-4H3/t8?,9-/m1/s1. The third-order valence-electron chi connectivity index (χ3n) is 2.34. The molecule has 0 aromatic carbocycles. The largest absolute Gasteiger partial charge is 0.444 e. The van der Waals surface area contributed by atoms with E-state index in [2.05, 4.69) is 0 Å². The summed E-state index contributed by atoms with van der Waals surface area (Å²) in [4.78, 5) is 13.5. The van der Waals surface area contributed by atoms with Crippen LogP contribution in [0.3, 0.4) is 0 Å². The van der Waals surface area contributed by atoms with Gasteiger partial charge < -0.3 is 19.5 Å². The van der Waals surface area contributed by atoms with Crippen molar-refractivity contribution in [2.75, 3.05) is 19.8 Å². The molecule has 5 nitrogen and oxygen atoms in total. The van der Waals surface area contributed by atoms with Crippen molar-refractivity contribution in [1.82, 2.24) is 4.90 Å². The molecular formula is C11H21NO4. The Morgan fingerprint density at radius 3 is 2.69 bits per heavy atom. The summed E-state index contributed by atoms with van der Waals surface area (Å²) < 4.78 is 10.6. The van der Waals surface area contributed by atoms with Gasteiger partial charge in [-0.15, -0.1) is 0 Å². The predicted octanol–water partition coefficient (Wildman–Crippen LogP) is 1.00. The fraction of sp³-hybridized carbons (Fsp3) is 0.909. The number of nitrogens with zero attached hydrogens (tertiary/aromatic N) is 1. The van der Waals surface area contributed by atoms with E-state index < -0.39 is 5.60 Å². The third-order valence-corrected chi connectivity index (χ3v) is 2.34. The molecule has 0 radical (unpaired) electrons. The van der Waals surface area contributed by atoms with Gasteiger partial charge in [0, 0.05) is 0 Å². The van der Waals surface area contributed by atoms with Gasteiger partial charge in [-0.3, -0.25) is 0 Å². The molecule has 1 fully saturated rings. The summed E-state index contributed by atoms with van der Waals surface area (Å²) in [6.07, 6.45) is -0.648. The summed E-state index contributed by atoms with van der Waals surface area (Å²) >= 11 is 0. The minimum absolute atomic E-state index is 0.0161. The molecule has 16 heavy (non-hydrogen) atoms. The van der Waals surface area contributed by atoms with Crippen molar-refractivity contribution in [2.45, 2.75) is 45.4 Å². The van der Waals surface area contributed by atoms with Gasteiger partial charge in [0.05, 0.1) is 31.9 Å². The quantitative estimate of drug-likeness (QED) is 0.731. The summed E-state index contributed by atoms with van der Waals surface area (Å²) in [5.41, 5.74) is -0.496. The van der Waals surface area contributed by atoms with Crippen molar-refractivity contribution < 1.29 is 19.4 Å². The number of carbonyl (C=O) groups excluding carboxylic acids is 1. The van der Waals surface area contributed by atoms with E-state index in [4.69, 9.17) is 14.6 Å². The molecule has 0 saturated carbocycles. The van der Waals surface area contributed by atoms with E-state index in [-0.39, 0.29) is 24.8 Å². The molecule has 1 N–H and O–H groups in total. The van der Waals surface area contributed by atoms with E-state index in [1.807, 2.05) is 27.7 Å². The van der Waals surface area contributed by atoms with Gasteiger partial charge in [0.1, 0.15) is 5.60 Å². The highest BCUT2D eigenvalue weighted by Gasteiger charge is 2.32. The van der Waals surface area contributed by atoms with Crippen LogP contribution in [0.4, 0.5) is 4.79 Å². The molecule has 1 unspecified atom stereocenters.